The lowest BCUT2D eigenvalue weighted by Crippen LogP contribution is -2.42. The van der Waals surface area contributed by atoms with Crippen LogP contribution in [0.15, 0.2) is 24.5 Å². The summed E-state index contributed by atoms with van der Waals surface area (Å²) in [5.74, 6) is -0.0789. The van der Waals surface area contributed by atoms with Crippen LogP contribution in [0.1, 0.15) is 25.3 Å². The maximum Gasteiger partial charge on any atom is 0.217 e. The second-order valence-electron chi connectivity index (χ2n) is 5.09. The lowest BCUT2D eigenvalue weighted by atomic mass is 10.1. The Morgan fingerprint density at radius 3 is 3.00 bits per heavy atom. The van der Waals surface area contributed by atoms with Crippen LogP contribution in [0.5, 0.6) is 0 Å². The van der Waals surface area contributed by atoms with Crippen LogP contribution in [-0.2, 0) is 11.3 Å². The molecule has 1 saturated heterocycles. The van der Waals surface area contributed by atoms with Gasteiger partial charge in [-0.3, -0.25) is 14.7 Å². The SMILES string of the molecule is CC(=O)N[C@H]1CCN(Cc2cccnc2)CC[C@@H]1O. The van der Waals surface area contributed by atoms with Crippen molar-refractivity contribution in [3.05, 3.63) is 30.1 Å². The zero-order valence-electron chi connectivity index (χ0n) is 11.2. The zero-order chi connectivity index (χ0) is 13.7. The normalized spacial score (nSPS) is 24.7. The zero-order valence-corrected chi connectivity index (χ0v) is 11.2. The number of likely N-dealkylation sites (tertiary alicyclic amines) is 1. The molecule has 1 aromatic rings. The topological polar surface area (TPSA) is 65.5 Å². The summed E-state index contributed by atoms with van der Waals surface area (Å²) in [5, 5.41) is 12.9. The minimum atomic E-state index is -0.456. The van der Waals surface area contributed by atoms with E-state index in [0.29, 0.717) is 6.42 Å². The molecule has 0 spiro atoms. The number of nitrogens with zero attached hydrogens (tertiary/aromatic N) is 2. The molecule has 19 heavy (non-hydrogen) atoms. The van der Waals surface area contributed by atoms with Gasteiger partial charge in [-0.15, -0.1) is 0 Å². The van der Waals surface area contributed by atoms with Gasteiger partial charge < -0.3 is 10.4 Å². The van der Waals surface area contributed by atoms with E-state index in [1.165, 1.54) is 12.5 Å². The predicted molar refractivity (Wildman–Crippen MR) is 72.4 cm³/mol. The summed E-state index contributed by atoms with van der Waals surface area (Å²) in [6.07, 6.45) is 4.64. The molecule has 2 N–H and O–H groups in total. The van der Waals surface area contributed by atoms with Crippen molar-refractivity contribution >= 4 is 5.91 Å². The number of nitrogens with one attached hydrogen (secondary N) is 1. The first-order valence-electron chi connectivity index (χ1n) is 6.71. The minimum absolute atomic E-state index is 0.0789. The molecule has 5 heteroatoms. The Morgan fingerprint density at radius 1 is 1.53 bits per heavy atom. The van der Waals surface area contributed by atoms with E-state index in [0.717, 1.165) is 26.1 Å². The van der Waals surface area contributed by atoms with Gasteiger partial charge in [0.1, 0.15) is 0 Å². The minimum Gasteiger partial charge on any atom is -0.391 e. The van der Waals surface area contributed by atoms with E-state index in [1.807, 2.05) is 12.3 Å². The third-order valence-electron chi connectivity index (χ3n) is 3.48. The van der Waals surface area contributed by atoms with Gasteiger partial charge in [-0.1, -0.05) is 6.07 Å². The molecule has 0 aromatic carbocycles. The number of aliphatic hydroxyl groups excluding tert-OH is 1. The summed E-state index contributed by atoms with van der Waals surface area (Å²) in [6.45, 7) is 4.04. The van der Waals surface area contributed by atoms with E-state index in [9.17, 15) is 9.90 Å². The van der Waals surface area contributed by atoms with Crippen molar-refractivity contribution in [3.63, 3.8) is 0 Å². The average molecular weight is 263 g/mol. The molecule has 0 bridgehead atoms. The average Bonchev–Trinajstić information content (AvgIpc) is 2.55. The summed E-state index contributed by atoms with van der Waals surface area (Å²) >= 11 is 0. The molecule has 1 amide bonds. The Balaban J connectivity index is 1.90. The van der Waals surface area contributed by atoms with E-state index >= 15 is 0 Å². The van der Waals surface area contributed by atoms with Crippen molar-refractivity contribution in [2.75, 3.05) is 13.1 Å². The van der Waals surface area contributed by atoms with E-state index < -0.39 is 6.10 Å². The van der Waals surface area contributed by atoms with E-state index in [-0.39, 0.29) is 11.9 Å². The standard InChI is InChI=1S/C14H21N3O2/c1-11(18)16-13-4-7-17(8-5-14(13)19)10-12-3-2-6-15-9-12/h2-3,6,9,13-14,19H,4-5,7-8,10H2,1H3,(H,16,18)/t13-,14-/m0/s1. The fourth-order valence-corrected chi connectivity index (χ4v) is 2.48. The van der Waals surface area contributed by atoms with Gasteiger partial charge in [0.25, 0.3) is 0 Å². The first-order chi connectivity index (χ1) is 9.15. The lowest BCUT2D eigenvalue weighted by molar-refractivity contribution is -0.120. The highest BCUT2D eigenvalue weighted by molar-refractivity contribution is 5.73. The summed E-state index contributed by atoms with van der Waals surface area (Å²) in [5.41, 5.74) is 1.18. The van der Waals surface area contributed by atoms with Gasteiger partial charge in [-0.2, -0.15) is 0 Å². The molecular weight excluding hydrogens is 242 g/mol. The molecule has 5 nitrogen and oxygen atoms in total. The number of hydrogen-bond acceptors (Lipinski definition) is 4. The molecule has 104 valence electrons. The number of hydrogen-bond donors (Lipinski definition) is 2. The second kappa shape index (κ2) is 6.63. The summed E-state index contributed by atoms with van der Waals surface area (Å²) < 4.78 is 0. The Kier molecular flexibility index (Phi) is 4.87. The number of aliphatic hydroxyl groups is 1. The Bertz CT molecular complexity index is 410. The Morgan fingerprint density at radius 2 is 2.32 bits per heavy atom. The molecule has 0 aliphatic carbocycles. The van der Waals surface area contributed by atoms with Crippen LogP contribution < -0.4 is 5.32 Å². The van der Waals surface area contributed by atoms with Gasteiger partial charge in [-0.25, -0.2) is 0 Å². The number of rotatable bonds is 3. The third-order valence-corrected chi connectivity index (χ3v) is 3.48. The molecule has 1 fully saturated rings. The predicted octanol–water partition coefficient (Wildman–Crippen LogP) is 0.543. The molecule has 2 heterocycles. The number of aromatic nitrogens is 1. The maximum absolute atomic E-state index is 11.1. The Hall–Kier alpha value is -1.46. The Labute approximate surface area is 113 Å². The van der Waals surface area contributed by atoms with Gasteiger partial charge >= 0.3 is 0 Å². The molecule has 1 aromatic heterocycles. The van der Waals surface area contributed by atoms with Crippen molar-refractivity contribution in [1.82, 2.24) is 15.2 Å². The van der Waals surface area contributed by atoms with Crippen LogP contribution in [-0.4, -0.2) is 46.1 Å². The summed E-state index contributed by atoms with van der Waals surface area (Å²) in [7, 11) is 0. The highest BCUT2D eigenvalue weighted by Crippen LogP contribution is 2.14. The quantitative estimate of drug-likeness (QED) is 0.835. The first-order valence-corrected chi connectivity index (χ1v) is 6.71. The van der Waals surface area contributed by atoms with Crippen LogP contribution in [0.4, 0.5) is 0 Å². The molecule has 1 aliphatic heterocycles. The van der Waals surface area contributed by atoms with E-state index in [2.05, 4.69) is 21.3 Å². The van der Waals surface area contributed by atoms with Crippen molar-refractivity contribution in [2.45, 2.75) is 38.5 Å². The molecule has 2 atom stereocenters. The van der Waals surface area contributed by atoms with Gasteiger partial charge in [0, 0.05) is 39.0 Å². The molecular formula is C14H21N3O2. The second-order valence-corrected chi connectivity index (χ2v) is 5.09. The lowest BCUT2D eigenvalue weighted by Gasteiger charge is -2.20. The smallest absolute Gasteiger partial charge is 0.217 e. The van der Waals surface area contributed by atoms with E-state index in [4.69, 9.17) is 0 Å². The highest BCUT2D eigenvalue weighted by atomic mass is 16.3. The molecule has 0 unspecified atom stereocenters. The summed E-state index contributed by atoms with van der Waals surface area (Å²) in [6, 6.07) is 3.86. The van der Waals surface area contributed by atoms with Crippen molar-refractivity contribution in [1.29, 1.82) is 0 Å². The van der Waals surface area contributed by atoms with Gasteiger partial charge in [-0.05, 0) is 24.5 Å². The fourth-order valence-electron chi connectivity index (χ4n) is 2.48. The molecule has 1 aliphatic rings. The van der Waals surface area contributed by atoms with Crippen LogP contribution >= 0.6 is 0 Å². The van der Waals surface area contributed by atoms with Gasteiger partial charge in [0.05, 0.1) is 12.1 Å². The molecule has 2 rings (SSSR count). The summed E-state index contributed by atoms with van der Waals surface area (Å²) in [4.78, 5) is 17.5. The largest absolute Gasteiger partial charge is 0.391 e. The highest BCUT2D eigenvalue weighted by Gasteiger charge is 2.25. The van der Waals surface area contributed by atoms with E-state index in [1.54, 1.807) is 6.20 Å². The van der Waals surface area contributed by atoms with Crippen LogP contribution in [0.25, 0.3) is 0 Å². The first kappa shape index (κ1) is 14.0. The number of amides is 1. The van der Waals surface area contributed by atoms with Gasteiger partial charge in [0.2, 0.25) is 5.91 Å². The van der Waals surface area contributed by atoms with Crippen molar-refractivity contribution in [2.24, 2.45) is 0 Å². The number of carbonyl (C=O) groups excluding carboxylic acids is 1. The third kappa shape index (κ3) is 4.29. The van der Waals surface area contributed by atoms with Crippen LogP contribution in [0.2, 0.25) is 0 Å². The fraction of sp³-hybridized carbons (Fsp3) is 0.571. The van der Waals surface area contributed by atoms with Crippen molar-refractivity contribution in [3.8, 4) is 0 Å². The molecule has 0 saturated carbocycles. The van der Waals surface area contributed by atoms with Crippen LogP contribution in [0, 0.1) is 0 Å². The monoisotopic (exact) mass is 263 g/mol. The maximum atomic E-state index is 11.1. The molecule has 0 radical (unpaired) electrons. The number of carbonyl (C=O) groups is 1. The van der Waals surface area contributed by atoms with Crippen molar-refractivity contribution < 1.29 is 9.90 Å². The van der Waals surface area contributed by atoms with Gasteiger partial charge in [0.15, 0.2) is 0 Å². The van der Waals surface area contributed by atoms with Crippen LogP contribution in [0.3, 0.4) is 0 Å². The number of pyridine rings is 1.